The number of carbonyl (C=O) groups excluding carboxylic acids is 1. The highest BCUT2D eigenvalue weighted by Crippen LogP contribution is 2.30. The summed E-state index contributed by atoms with van der Waals surface area (Å²) in [6.07, 6.45) is 0.827. The van der Waals surface area contributed by atoms with Gasteiger partial charge in [-0.3, -0.25) is 9.79 Å². The summed E-state index contributed by atoms with van der Waals surface area (Å²) in [5.41, 5.74) is 2.82. The van der Waals surface area contributed by atoms with Gasteiger partial charge in [0.1, 0.15) is 0 Å². The van der Waals surface area contributed by atoms with Crippen LogP contribution in [0.2, 0.25) is 0 Å². The van der Waals surface area contributed by atoms with E-state index in [2.05, 4.69) is 20.9 Å². The number of rotatable bonds is 8. The average molecular weight is 512 g/mol. The molecule has 0 aromatic heterocycles. The number of carbonyl (C=O) groups is 1. The Bertz CT molecular complexity index is 810. The average Bonchev–Trinajstić information content (AvgIpc) is 2.68. The van der Waals surface area contributed by atoms with Gasteiger partial charge in [0.15, 0.2) is 17.5 Å². The summed E-state index contributed by atoms with van der Waals surface area (Å²) in [4.78, 5) is 15.3. The Morgan fingerprint density at radius 3 is 2.31 bits per heavy atom. The molecule has 7 nitrogen and oxygen atoms in total. The smallest absolute Gasteiger partial charge is 0.221 e. The normalized spacial score (nSPS) is 10.6. The van der Waals surface area contributed by atoms with Gasteiger partial charge in [-0.2, -0.15) is 0 Å². The molecule has 0 spiro atoms. The number of ether oxygens (including phenoxy) is 2. The summed E-state index contributed by atoms with van der Waals surface area (Å²) in [6.45, 7) is 4.71. The van der Waals surface area contributed by atoms with E-state index >= 15 is 0 Å². The molecule has 0 atom stereocenters. The monoisotopic (exact) mass is 512 g/mol. The van der Waals surface area contributed by atoms with Crippen LogP contribution in [0.5, 0.6) is 11.5 Å². The van der Waals surface area contributed by atoms with Gasteiger partial charge in [-0.05, 0) is 43.2 Å². The van der Waals surface area contributed by atoms with Crippen molar-refractivity contribution in [2.24, 2.45) is 4.99 Å². The number of benzene rings is 2. The van der Waals surface area contributed by atoms with Crippen LogP contribution in [0.25, 0.3) is 0 Å². The highest BCUT2D eigenvalue weighted by atomic mass is 127. The molecule has 0 saturated carbocycles. The number of halogens is 1. The number of hydrogen-bond acceptors (Lipinski definition) is 4. The predicted molar refractivity (Wildman–Crippen MR) is 129 cm³/mol. The Kier molecular flexibility index (Phi) is 10.9. The lowest BCUT2D eigenvalue weighted by molar-refractivity contribution is -0.114. The third-order valence-electron chi connectivity index (χ3n) is 3.93. The number of guanidine groups is 1. The van der Waals surface area contributed by atoms with E-state index in [9.17, 15) is 4.79 Å². The zero-order valence-electron chi connectivity index (χ0n) is 17.2. The minimum Gasteiger partial charge on any atom is -0.493 e. The summed E-state index contributed by atoms with van der Waals surface area (Å²) in [5, 5.41) is 9.30. The Hall–Kier alpha value is -2.49. The van der Waals surface area contributed by atoms with Crippen molar-refractivity contribution in [3.05, 3.63) is 48.0 Å². The standard InChI is InChI=1S/C21H28N4O3.HI/c1-5-28-20-14-18(10-11-19(20)27-4)25-21(22-3)23-13-12-16-6-8-17(9-7-16)24-15(2)26;/h6-11,14H,5,12-13H2,1-4H3,(H,24,26)(H2,22,23,25);1H. The van der Waals surface area contributed by atoms with E-state index in [0.717, 1.165) is 17.8 Å². The van der Waals surface area contributed by atoms with Gasteiger partial charge in [0.05, 0.1) is 13.7 Å². The molecule has 158 valence electrons. The zero-order valence-corrected chi connectivity index (χ0v) is 19.6. The highest BCUT2D eigenvalue weighted by molar-refractivity contribution is 14.0. The first-order valence-electron chi connectivity index (χ1n) is 9.20. The van der Waals surface area contributed by atoms with Crippen LogP contribution in [0.15, 0.2) is 47.5 Å². The van der Waals surface area contributed by atoms with Crippen molar-refractivity contribution < 1.29 is 14.3 Å². The number of hydrogen-bond donors (Lipinski definition) is 3. The first-order chi connectivity index (χ1) is 13.5. The van der Waals surface area contributed by atoms with Crippen molar-refractivity contribution in [2.45, 2.75) is 20.3 Å². The summed E-state index contributed by atoms with van der Waals surface area (Å²) in [7, 11) is 3.35. The molecule has 0 bridgehead atoms. The van der Waals surface area contributed by atoms with E-state index in [-0.39, 0.29) is 29.9 Å². The topological polar surface area (TPSA) is 84.0 Å². The molecular formula is C21H29IN4O3. The fourth-order valence-electron chi connectivity index (χ4n) is 2.62. The van der Waals surface area contributed by atoms with Gasteiger partial charge in [0.2, 0.25) is 5.91 Å². The maximum Gasteiger partial charge on any atom is 0.221 e. The van der Waals surface area contributed by atoms with E-state index in [4.69, 9.17) is 9.47 Å². The third-order valence-corrected chi connectivity index (χ3v) is 3.93. The SMILES string of the molecule is CCOc1cc(NC(=NC)NCCc2ccc(NC(C)=O)cc2)ccc1OC.I. The second-order valence-electron chi connectivity index (χ2n) is 6.05. The van der Waals surface area contributed by atoms with Gasteiger partial charge in [0, 0.05) is 38.0 Å². The molecule has 0 aliphatic carbocycles. The molecule has 0 heterocycles. The van der Waals surface area contributed by atoms with Gasteiger partial charge in [0.25, 0.3) is 0 Å². The number of anilines is 2. The molecule has 0 aliphatic rings. The van der Waals surface area contributed by atoms with E-state index < -0.39 is 0 Å². The highest BCUT2D eigenvalue weighted by Gasteiger charge is 2.07. The Labute approximate surface area is 189 Å². The maximum atomic E-state index is 11.1. The summed E-state index contributed by atoms with van der Waals surface area (Å²) < 4.78 is 10.9. The number of nitrogens with zero attached hydrogens (tertiary/aromatic N) is 1. The molecule has 2 rings (SSSR count). The van der Waals surface area contributed by atoms with Crippen molar-refractivity contribution in [3.63, 3.8) is 0 Å². The van der Waals surface area contributed by atoms with Crippen LogP contribution in [0, 0.1) is 0 Å². The van der Waals surface area contributed by atoms with Crippen LogP contribution < -0.4 is 25.4 Å². The van der Waals surface area contributed by atoms with Crippen molar-refractivity contribution in [1.82, 2.24) is 5.32 Å². The van der Waals surface area contributed by atoms with Crippen molar-refractivity contribution in [2.75, 3.05) is 37.9 Å². The van der Waals surface area contributed by atoms with Crippen molar-refractivity contribution in [1.29, 1.82) is 0 Å². The molecule has 0 fully saturated rings. The number of nitrogens with one attached hydrogen (secondary N) is 3. The Balaban J connectivity index is 0.00000420. The second-order valence-corrected chi connectivity index (χ2v) is 6.05. The van der Waals surface area contributed by atoms with E-state index in [1.54, 1.807) is 14.2 Å². The Morgan fingerprint density at radius 1 is 1.03 bits per heavy atom. The molecule has 2 aromatic carbocycles. The lowest BCUT2D eigenvalue weighted by atomic mass is 10.1. The lowest BCUT2D eigenvalue weighted by Crippen LogP contribution is -2.32. The van der Waals surface area contributed by atoms with Crippen molar-refractivity contribution in [3.8, 4) is 11.5 Å². The summed E-state index contributed by atoms with van der Waals surface area (Å²) in [6, 6.07) is 13.5. The van der Waals surface area contributed by atoms with Crippen LogP contribution in [0.1, 0.15) is 19.4 Å². The van der Waals surface area contributed by atoms with Crippen LogP contribution >= 0.6 is 24.0 Å². The van der Waals surface area contributed by atoms with Gasteiger partial charge in [-0.15, -0.1) is 24.0 Å². The molecule has 2 aromatic rings. The zero-order chi connectivity index (χ0) is 20.4. The molecule has 0 saturated heterocycles. The number of amides is 1. The minimum atomic E-state index is -0.0738. The summed E-state index contributed by atoms with van der Waals surface area (Å²) >= 11 is 0. The molecular weight excluding hydrogens is 483 g/mol. The first kappa shape index (κ1) is 24.5. The Morgan fingerprint density at radius 2 is 1.72 bits per heavy atom. The largest absolute Gasteiger partial charge is 0.493 e. The quantitative estimate of drug-likeness (QED) is 0.284. The fourth-order valence-corrected chi connectivity index (χ4v) is 2.62. The first-order valence-corrected chi connectivity index (χ1v) is 9.20. The van der Waals surface area contributed by atoms with Gasteiger partial charge in [-0.25, -0.2) is 0 Å². The fraction of sp³-hybridized carbons (Fsp3) is 0.333. The third kappa shape index (κ3) is 8.18. The van der Waals surface area contributed by atoms with Crippen LogP contribution in [-0.4, -0.2) is 39.2 Å². The second kappa shape index (κ2) is 12.9. The maximum absolute atomic E-state index is 11.1. The van der Waals surface area contributed by atoms with Gasteiger partial charge in [-0.1, -0.05) is 12.1 Å². The van der Waals surface area contributed by atoms with Gasteiger partial charge >= 0.3 is 0 Å². The minimum absolute atomic E-state index is 0. The van der Waals surface area contributed by atoms with Crippen molar-refractivity contribution >= 4 is 47.2 Å². The van der Waals surface area contributed by atoms with E-state index in [1.165, 1.54) is 12.5 Å². The molecule has 1 amide bonds. The molecule has 0 radical (unpaired) electrons. The molecule has 0 unspecified atom stereocenters. The van der Waals surface area contributed by atoms with Crippen LogP contribution in [-0.2, 0) is 11.2 Å². The van der Waals surface area contributed by atoms with E-state index in [0.29, 0.717) is 30.6 Å². The predicted octanol–water partition coefficient (Wildman–Crippen LogP) is 3.90. The number of aliphatic imine (C=N–C) groups is 1. The number of methoxy groups -OCH3 is 1. The van der Waals surface area contributed by atoms with E-state index in [1.807, 2.05) is 49.4 Å². The molecule has 29 heavy (non-hydrogen) atoms. The van der Waals surface area contributed by atoms with Crippen LogP contribution in [0.3, 0.4) is 0 Å². The lowest BCUT2D eigenvalue weighted by Gasteiger charge is -2.15. The molecule has 3 N–H and O–H groups in total. The molecule has 0 aliphatic heterocycles. The van der Waals surface area contributed by atoms with Crippen LogP contribution in [0.4, 0.5) is 11.4 Å². The van der Waals surface area contributed by atoms with Gasteiger partial charge < -0.3 is 25.4 Å². The summed E-state index contributed by atoms with van der Waals surface area (Å²) in [5.74, 6) is 1.97. The molecule has 8 heteroatoms.